The SMILES string of the molecule is O=C(NCc1ccoc1)N[C@H]1CCSc2ccc(Cl)cc21. The Morgan fingerprint density at radius 3 is 3.14 bits per heavy atom. The molecule has 1 aromatic carbocycles. The third-order valence-electron chi connectivity index (χ3n) is 3.35. The highest BCUT2D eigenvalue weighted by atomic mass is 35.5. The van der Waals surface area contributed by atoms with Gasteiger partial charge in [-0.05, 0) is 36.2 Å². The van der Waals surface area contributed by atoms with Crippen molar-refractivity contribution in [1.82, 2.24) is 10.6 Å². The molecular weight excluding hydrogens is 308 g/mol. The lowest BCUT2D eigenvalue weighted by atomic mass is 10.0. The number of furan rings is 1. The molecule has 0 bridgehead atoms. The zero-order valence-corrected chi connectivity index (χ0v) is 12.8. The van der Waals surface area contributed by atoms with Crippen molar-refractivity contribution < 1.29 is 9.21 Å². The number of halogens is 1. The van der Waals surface area contributed by atoms with Crippen LogP contribution in [0.4, 0.5) is 4.79 Å². The first-order valence-electron chi connectivity index (χ1n) is 6.70. The van der Waals surface area contributed by atoms with Crippen LogP contribution in [0.1, 0.15) is 23.6 Å². The highest BCUT2D eigenvalue weighted by Gasteiger charge is 2.22. The fraction of sp³-hybridized carbons (Fsp3) is 0.267. The second-order valence-corrected chi connectivity index (χ2v) is 6.40. The fourth-order valence-electron chi connectivity index (χ4n) is 2.30. The van der Waals surface area contributed by atoms with E-state index in [0.29, 0.717) is 11.6 Å². The van der Waals surface area contributed by atoms with Gasteiger partial charge >= 0.3 is 6.03 Å². The van der Waals surface area contributed by atoms with Crippen LogP contribution in [-0.2, 0) is 6.54 Å². The predicted molar refractivity (Wildman–Crippen MR) is 83.6 cm³/mol. The molecule has 3 rings (SSSR count). The Bertz CT molecular complexity index is 631. The summed E-state index contributed by atoms with van der Waals surface area (Å²) >= 11 is 7.86. The number of nitrogens with one attached hydrogen (secondary N) is 2. The van der Waals surface area contributed by atoms with Gasteiger partial charge in [0.1, 0.15) is 0 Å². The number of hydrogen-bond acceptors (Lipinski definition) is 3. The van der Waals surface area contributed by atoms with Crippen LogP contribution in [0.3, 0.4) is 0 Å². The summed E-state index contributed by atoms with van der Waals surface area (Å²) in [5, 5.41) is 6.54. The largest absolute Gasteiger partial charge is 0.472 e. The number of fused-ring (bicyclic) bond motifs is 1. The van der Waals surface area contributed by atoms with Crippen molar-refractivity contribution in [3.05, 3.63) is 52.9 Å². The van der Waals surface area contributed by atoms with E-state index >= 15 is 0 Å². The molecule has 0 fully saturated rings. The average molecular weight is 323 g/mol. The van der Waals surface area contributed by atoms with E-state index in [1.165, 1.54) is 4.90 Å². The molecule has 0 radical (unpaired) electrons. The predicted octanol–water partition coefficient (Wildman–Crippen LogP) is 3.97. The molecule has 1 atom stereocenters. The molecule has 2 amide bonds. The molecule has 0 aliphatic carbocycles. The molecule has 4 nitrogen and oxygen atoms in total. The van der Waals surface area contributed by atoms with E-state index in [1.54, 1.807) is 24.3 Å². The van der Waals surface area contributed by atoms with Gasteiger partial charge in [0.25, 0.3) is 0 Å². The van der Waals surface area contributed by atoms with Crippen LogP contribution in [-0.4, -0.2) is 11.8 Å². The molecule has 1 aliphatic rings. The van der Waals surface area contributed by atoms with Crippen molar-refractivity contribution in [1.29, 1.82) is 0 Å². The van der Waals surface area contributed by atoms with E-state index in [-0.39, 0.29) is 12.1 Å². The van der Waals surface area contributed by atoms with Crippen LogP contribution < -0.4 is 10.6 Å². The zero-order valence-electron chi connectivity index (χ0n) is 11.3. The quantitative estimate of drug-likeness (QED) is 0.899. The summed E-state index contributed by atoms with van der Waals surface area (Å²) in [5.74, 6) is 0.987. The Labute approximate surface area is 132 Å². The molecule has 2 heterocycles. The molecule has 6 heteroatoms. The first-order chi connectivity index (χ1) is 10.2. The van der Waals surface area contributed by atoms with Crippen molar-refractivity contribution in [2.75, 3.05) is 5.75 Å². The molecule has 0 saturated carbocycles. The first kappa shape index (κ1) is 14.4. The van der Waals surface area contributed by atoms with Gasteiger partial charge in [-0.1, -0.05) is 11.6 Å². The van der Waals surface area contributed by atoms with Crippen LogP contribution in [0.5, 0.6) is 0 Å². The lowest BCUT2D eigenvalue weighted by molar-refractivity contribution is 0.236. The second-order valence-electron chi connectivity index (χ2n) is 4.83. The maximum absolute atomic E-state index is 12.0. The van der Waals surface area contributed by atoms with E-state index in [1.807, 2.05) is 24.3 Å². The number of benzene rings is 1. The van der Waals surface area contributed by atoms with Crippen LogP contribution in [0.15, 0.2) is 46.1 Å². The summed E-state index contributed by atoms with van der Waals surface area (Å²) in [4.78, 5) is 13.2. The lowest BCUT2D eigenvalue weighted by Crippen LogP contribution is -2.38. The van der Waals surface area contributed by atoms with Crippen LogP contribution in [0.2, 0.25) is 5.02 Å². The molecule has 0 unspecified atom stereocenters. The van der Waals surface area contributed by atoms with Gasteiger partial charge in [-0.25, -0.2) is 4.79 Å². The molecule has 110 valence electrons. The smallest absolute Gasteiger partial charge is 0.315 e. The third-order valence-corrected chi connectivity index (χ3v) is 4.71. The number of carbonyl (C=O) groups is 1. The highest BCUT2D eigenvalue weighted by molar-refractivity contribution is 7.99. The summed E-state index contributed by atoms with van der Waals surface area (Å²) in [6.45, 7) is 0.451. The standard InChI is InChI=1S/C15H15ClN2O2S/c16-11-1-2-14-12(7-11)13(4-6-21-14)18-15(19)17-8-10-3-5-20-9-10/h1-3,5,7,9,13H,4,6,8H2,(H2,17,18,19)/t13-/m0/s1. The van der Waals surface area contributed by atoms with Gasteiger partial charge in [-0.3, -0.25) is 0 Å². The summed E-state index contributed by atoms with van der Waals surface area (Å²) in [6, 6.07) is 7.48. The average Bonchev–Trinajstić information content (AvgIpc) is 2.99. The third kappa shape index (κ3) is 3.54. The maximum Gasteiger partial charge on any atom is 0.315 e. The topological polar surface area (TPSA) is 54.3 Å². The van der Waals surface area contributed by atoms with Crippen molar-refractivity contribution in [3.8, 4) is 0 Å². The molecule has 2 aromatic rings. The molecule has 2 N–H and O–H groups in total. The molecule has 1 aromatic heterocycles. The number of amides is 2. The Morgan fingerprint density at radius 2 is 2.33 bits per heavy atom. The maximum atomic E-state index is 12.0. The number of urea groups is 1. The van der Waals surface area contributed by atoms with Crippen molar-refractivity contribution in [3.63, 3.8) is 0 Å². The summed E-state index contributed by atoms with van der Waals surface area (Å²) in [5.41, 5.74) is 2.03. The van der Waals surface area contributed by atoms with Gasteiger partial charge < -0.3 is 15.1 Å². The number of hydrogen-bond donors (Lipinski definition) is 2. The van der Waals surface area contributed by atoms with Crippen LogP contribution >= 0.6 is 23.4 Å². The van der Waals surface area contributed by atoms with Crippen LogP contribution in [0.25, 0.3) is 0 Å². The van der Waals surface area contributed by atoms with Crippen molar-refractivity contribution in [2.45, 2.75) is 23.9 Å². The van der Waals surface area contributed by atoms with Gasteiger partial charge in [0.05, 0.1) is 18.6 Å². The Morgan fingerprint density at radius 1 is 1.43 bits per heavy atom. The number of rotatable bonds is 3. The fourth-order valence-corrected chi connectivity index (χ4v) is 3.59. The van der Waals surface area contributed by atoms with E-state index in [2.05, 4.69) is 10.6 Å². The van der Waals surface area contributed by atoms with Crippen molar-refractivity contribution in [2.24, 2.45) is 0 Å². The van der Waals surface area contributed by atoms with Gasteiger partial charge in [0.15, 0.2) is 0 Å². The van der Waals surface area contributed by atoms with E-state index in [0.717, 1.165) is 23.3 Å². The van der Waals surface area contributed by atoms with E-state index < -0.39 is 0 Å². The van der Waals surface area contributed by atoms with E-state index in [4.69, 9.17) is 16.0 Å². The molecule has 1 aliphatic heterocycles. The minimum absolute atomic E-state index is 0.00398. The Kier molecular flexibility index (Phi) is 4.41. The summed E-state index contributed by atoms with van der Waals surface area (Å²) < 4.78 is 4.97. The molecule has 0 spiro atoms. The summed E-state index contributed by atoms with van der Waals surface area (Å²) in [6.07, 6.45) is 4.11. The molecule has 0 saturated heterocycles. The van der Waals surface area contributed by atoms with Gasteiger partial charge in [-0.15, -0.1) is 11.8 Å². The normalized spacial score (nSPS) is 17.1. The minimum atomic E-state index is -0.181. The van der Waals surface area contributed by atoms with Gasteiger partial charge in [0, 0.05) is 27.8 Å². The first-order valence-corrected chi connectivity index (χ1v) is 8.06. The Hall–Kier alpha value is -1.59. The van der Waals surface area contributed by atoms with Gasteiger partial charge in [0.2, 0.25) is 0 Å². The zero-order chi connectivity index (χ0) is 14.7. The van der Waals surface area contributed by atoms with Crippen molar-refractivity contribution >= 4 is 29.4 Å². The lowest BCUT2D eigenvalue weighted by Gasteiger charge is -2.26. The summed E-state index contributed by atoms with van der Waals surface area (Å²) in [7, 11) is 0. The minimum Gasteiger partial charge on any atom is -0.472 e. The Balaban J connectivity index is 1.63. The number of thioether (sulfide) groups is 1. The van der Waals surface area contributed by atoms with E-state index in [9.17, 15) is 4.79 Å². The molecule has 21 heavy (non-hydrogen) atoms. The monoisotopic (exact) mass is 322 g/mol. The second kappa shape index (κ2) is 6.45. The number of carbonyl (C=O) groups excluding carboxylic acids is 1. The van der Waals surface area contributed by atoms with Gasteiger partial charge in [-0.2, -0.15) is 0 Å². The molecular formula is C15H15ClN2O2S. The highest BCUT2D eigenvalue weighted by Crippen LogP contribution is 2.37. The van der Waals surface area contributed by atoms with Crippen LogP contribution in [0, 0.1) is 0 Å².